The normalized spacial score (nSPS) is 14.1. The lowest BCUT2D eigenvalue weighted by Gasteiger charge is -2.21. The fourth-order valence-electron chi connectivity index (χ4n) is 4.48. The Balaban J connectivity index is 3.72. The lowest BCUT2D eigenvalue weighted by atomic mass is 10.0. The molecule has 8 heteroatoms. The number of quaternary nitrogens is 1. The standard InChI is InChI=1S/C29H60NO6P/c1-5-8-9-10-11-12-13-14-15-16-17-18-19-20-21-22-24-34-26-29(36-28(4)31)27-35-37(32,33)25-23-30(6-2)7-3/h29H,5-27H2,1-4H3,(H,32,33)/p+1. The molecule has 0 rings (SSSR count). The highest BCUT2D eigenvalue weighted by Crippen LogP contribution is 2.41. The molecule has 0 aliphatic carbocycles. The summed E-state index contributed by atoms with van der Waals surface area (Å²) in [6.45, 7) is 10.7. The Morgan fingerprint density at radius 3 is 1.65 bits per heavy atom. The van der Waals surface area contributed by atoms with Crippen molar-refractivity contribution in [3.8, 4) is 0 Å². The summed E-state index contributed by atoms with van der Waals surface area (Å²) in [5.74, 6) is -0.444. The molecule has 2 unspecified atom stereocenters. The average molecular weight is 551 g/mol. The third-order valence-electron chi connectivity index (χ3n) is 6.99. The van der Waals surface area contributed by atoms with Crippen LogP contribution in [0.5, 0.6) is 0 Å². The first-order chi connectivity index (χ1) is 17.8. The van der Waals surface area contributed by atoms with Crippen LogP contribution in [-0.4, -0.2) is 62.6 Å². The third-order valence-corrected chi connectivity index (χ3v) is 8.33. The molecule has 0 heterocycles. The molecule has 0 aromatic heterocycles. The van der Waals surface area contributed by atoms with Crippen LogP contribution in [0.4, 0.5) is 0 Å². The van der Waals surface area contributed by atoms with Crippen LogP contribution in [0.1, 0.15) is 130 Å². The van der Waals surface area contributed by atoms with E-state index in [0.717, 1.165) is 25.9 Å². The van der Waals surface area contributed by atoms with Crippen LogP contribution in [-0.2, 0) is 23.4 Å². The number of hydrogen-bond acceptors (Lipinski definition) is 5. The van der Waals surface area contributed by atoms with Crippen molar-refractivity contribution in [2.24, 2.45) is 0 Å². The Hall–Kier alpha value is -0.460. The number of unbranched alkanes of at least 4 members (excludes halogenated alkanes) is 15. The second kappa shape index (κ2) is 25.8. The predicted molar refractivity (Wildman–Crippen MR) is 153 cm³/mol. The Morgan fingerprint density at radius 2 is 1.22 bits per heavy atom. The van der Waals surface area contributed by atoms with E-state index in [9.17, 15) is 14.3 Å². The first-order valence-corrected chi connectivity index (χ1v) is 17.2. The van der Waals surface area contributed by atoms with Gasteiger partial charge in [-0.3, -0.25) is 9.36 Å². The zero-order valence-corrected chi connectivity index (χ0v) is 25.7. The van der Waals surface area contributed by atoms with Gasteiger partial charge in [-0.25, -0.2) is 0 Å². The SMILES string of the molecule is CCCCCCCCCCCCCCCCCCOCC(COP(=O)(O)CC[NH+](CC)CC)OC(C)=O. The van der Waals surface area contributed by atoms with Crippen molar-refractivity contribution in [3.63, 3.8) is 0 Å². The minimum atomic E-state index is -3.72. The second-order valence-electron chi connectivity index (χ2n) is 10.5. The second-order valence-corrected chi connectivity index (χ2v) is 12.5. The molecule has 7 nitrogen and oxygen atoms in total. The fourth-order valence-corrected chi connectivity index (χ4v) is 5.61. The molecular formula is C29H61NO6P+. The number of ether oxygens (including phenoxy) is 2. The van der Waals surface area contributed by atoms with Crippen molar-refractivity contribution in [1.82, 2.24) is 0 Å². The van der Waals surface area contributed by atoms with Crippen molar-refractivity contribution < 1.29 is 33.2 Å². The van der Waals surface area contributed by atoms with Gasteiger partial charge in [-0.15, -0.1) is 0 Å². The molecule has 0 fully saturated rings. The van der Waals surface area contributed by atoms with Crippen LogP contribution in [0.2, 0.25) is 0 Å². The van der Waals surface area contributed by atoms with Gasteiger partial charge in [-0.1, -0.05) is 103 Å². The molecule has 0 saturated carbocycles. The van der Waals surface area contributed by atoms with Crippen LogP contribution >= 0.6 is 7.60 Å². The van der Waals surface area contributed by atoms with Crippen molar-refractivity contribution in [2.75, 3.05) is 45.6 Å². The molecule has 0 aliphatic heterocycles. The lowest BCUT2D eigenvalue weighted by molar-refractivity contribution is -0.893. The Bertz CT molecular complexity index is 559. The van der Waals surface area contributed by atoms with Crippen LogP contribution in [0.15, 0.2) is 0 Å². The molecule has 222 valence electrons. The molecule has 0 aliphatic rings. The minimum Gasteiger partial charge on any atom is -0.458 e. The number of hydrogen-bond donors (Lipinski definition) is 2. The Kier molecular flexibility index (Phi) is 25.5. The molecule has 37 heavy (non-hydrogen) atoms. The summed E-state index contributed by atoms with van der Waals surface area (Å²) in [5, 5.41) is 0. The molecular weight excluding hydrogens is 489 g/mol. The quantitative estimate of drug-likeness (QED) is 0.0673. The van der Waals surface area contributed by atoms with E-state index in [4.69, 9.17) is 14.0 Å². The highest BCUT2D eigenvalue weighted by molar-refractivity contribution is 7.52. The monoisotopic (exact) mass is 550 g/mol. The van der Waals surface area contributed by atoms with E-state index in [0.29, 0.717) is 13.2 Å². The van der Waals surface area contributed by atoms with Crippen LogP contribution in [0.25, 0.3) is 0 Å². The maximum absolute atomic E-state index is 12.3. The summed E-state index contributed by atoms with van der Waals surface area (Å²) in [6, 6.07) is 0. The summed E-state index contributed by atoms with van der Waals surface area (Å²) in [7, 11) is -3.72. The van der Waals surface area contributed by atoms with Gasteiger partial charge >= 0.3 is 13.6 Å². The van der Waals surface area contributed by atoms with Gasteiger partial charge in [-0.2, -0.15) is 0 Å². The summed E-state index contributed by atoms with van der Waals surface area (Å²) >= 11 is 0. The van der Waals surface area contributed by atoms with Gasteiger partial charge in [0, 0.05) is 13.5 Å². The van der Waals surface area contributed by atoms with Crippen LogP contribution in [0, 0.1) is 0 Å². The summed E-state index contributed by atoms with van der Waals surface area (Å²) < 4.78 is 28.5. The molecule has 0 aromatic rings. The van der Waals surface area contributed by atoms with E-state index >= 15 is 0 Å². The van der Waals surface area contributed by atoms with E-state index in [1.165, 1.54) is 102 Å². The lowest BCUT2D eigenvalue weighted by Crippen LogP contribution is -3.11. The van der Waals surface area contributed by atoms with Crippen LogP contribution in [0.3, 0.4) is 0 Å². The fraction of sp³-hybridized carbons (Fsp3) is 0.966. The molecule has 0 radical (unpaired) electrons. The van der Waals surface area contributed by atoms with Crippen molar-refractivity contribution >= 4 is 13.6 Å². The Morgan fingerprint density at radius 1 is 0.757 bits per heavy atom. The smallest absolute Gasteiger partial charge is 0.333 e. The van der Waals surface area contributed by atoms with Gasteiger partial charge in [0.25, 0.3) is 0 Å². The van der Waals surface area contributed by atoms with Crippen LogP contribution < -0.4 is 4.90 Å². The summed E-state index contributed by atoms with van der Waals surface area (Å²) in [5.41, 5.74) is 0. The van der Waals surface area contributed by atoms with E-state index in [1.807, 2.05) is 0 Å². The highest BCUT2D eigenvalue weighted by atomic mass is 31.2. The molecule has 0 saturated heterocycles. The topological polar surface area (TPSA) is 86.5 Å². The van der Waals surface area contributed by atoms with Crippen molar-refractivity contribution in [2.45, 2.75) is 137 Å². The Labute approximate surface area is 228 Å². The molecule has 0 bridgehead atoms. The van der Waals surface area contributed by atoms with Gasteiger partial charge in [0.2, 0.25) is 0 Å². The maximum Gasteiger partial charge on any atom is 0.333 e. The van der Waals surface area contributed by atoms with Crippen molar-refractivity contribution in [1.29, 1.82) is 0 Å². The van der Waals surface area contributed by atoms with E-state index in [1.54, 1.807) is 0 Å². The largest absolute Gasteiger partial charge is 0.458 e. The van der Waals surface area contributed by atoms with Gasteiger partial charge in [0.05, 0.1) is 39.0 Å². The zero-order valence-electron chi connectivity index (χ0n) is 24.8. The predicted octanol–water partition coefficient (Wildman–Crippen LogP) is 6.32. The maximum atomic E-state index is 12.3. The number of esters is 1. The van der Waals surface area contributed by atoms with E-state index < -0.39 is 19.7 Å². The molecule has 2 N–H and O–H groups in total. The first kappa shape index (κ1) is 36.5. The molecule has 0 aromatic carbocycles. The number of carbonyl (C=O) groups is 1. The van der Waals surface area contributed by atoms with Gasteiger partial charge in [0.1, 0.15) is 6.10 Å². The first-order valence-electron chi connectivity index (χ1n) is 15.4. The van der Waals surface area contributed by atoms with Crippen molar-refractivity contribution in [3.05, 3.63) is 0 Å². The molecule has 0 spiro atoms. The van der Waals surface area contributed by atoms with E-state index in [-0.39, 0.29) is 19.4 Å². The molecule has 2 atom stereocenters. The van der Waals surface area contributed by atoms with E-state index in [2.05, 4.69) is 20.8 Å². The van der Waals surface area contributed by atoms with Gasteiger partial charge < -0.3 is 23.8 Å². The molecule has 0 amide bonds. The third kappa shape index (κ3) is 25.6. The van der Waals surface area contributed by atoms with Gasteiger partial charge in [-0.05, 0) is 20.3 Å². The highest BCUT2D eigenvalue weighted by Gasteiger charge is 2.25. The number of carbonyl (C=O) groups excluding carboxylic acids is 1. The van der Waals surface area contributed by atoms with Gasteiger partial charge in [0.15, 0.2) is 0 Å². The summed E-state index contributed by atoms with van der Waals surface area (Å²) in [6.07, 6.45) is 20.7. The minimum absolute atomic E-state index is 0.0941. The number of rotatable bonds is 28. The average Bonchev–Trinajstić information content (AvgIpc) is 2.86. The summed E-state index contributed by atoms with van der Waals surface area (Å²) in [4.78, 5) is 22.7. The number of nitrogens with one attached hydrogen (secondary N) is 1. The zero-order chi connectivity index (χ0) is 27.6.